The van der Waals surface area contributed by atoms with Crippen molar-refractivity contribution in [1.82, 2.24) is 5.32 Å². The molecule has 0 amide bonds. The largest absolute Gasteiger partial charge is 0.378 e. The first-order valence-electron chi connectivity index (χ1n) is 6.37. The second-order valence-electron chi connectivity index (χ2n) is 4.62. The van der Waals surface area contributed by atoms with E-state index in [1.165, 1.54) is 18.4 Å². The lowest BCUT2D eigenvalue weighted by Crippen LogP contribution is -2.23. The molecule has 1 aliphatic rings. The highest BCUT2D eigenvalue weighted by Gasteiger charge is 2.15. The summed E-state index contributed by atoms with van der Waals surface area (Å²) < 4.78 is 5.60. The SMILES string of the molecule is C[C@H](NCC[C@@H]1CCCO1)c1ccccc1Cl. The summed E-state index contributed by atoms with van der Waals surface area (Å²) in [7, 11) is 0. The summed E-state index contributed by atoms with van der Waals surface area (Å²) in [6.45, 7) is 4.07. The lowest BCUT2D eigenvalue weighted by Gasteiger charge is -2.17. The van der Waals surface area contributed by atoms with Gasteiger partial charge in [0.05, 0.1) is 6.10 Å². The Labute approximate surface area is 108 Å². The van der Waals surface area contributed by atoms with Gasteiger partial charge in [-0.05, 0) is 44.4 Å². The summed E-state index contributed by atoms with van der Waals surface area (Å²) in [6, 6.07) is 8.30. The molecule has 17 heavy (non-hydrogen) atoms. The van der Waals surface area contributed by atoms with Crippen LogP contribution < -0.4 is 5.32 Å². The number of ether oxygens (including phenoxy) is 1. The normalized spacial score (nSPS) is 21.6. The van der Waals surface area contributed by atoms with Crippen LogP contribution in [0.1, 0.15) is 37.8 Å². The third-order valence-corrected chi connectivity index (χ3v) is 3.66. The zero-order valence-electron chi connectivity index (χ0n) is 10.3. The van der Waals surface area contributed by atoms with Gasteiger partial charge < -0.3 is 10.1 Å². The average molecular weight is 254 g/mol. The molecule has 0 radical (unpaired) electrons. The first-order chi connectivity index (χ1) is 8.27. The Morgan fingerprint density at radius 2 is 2.29 bits per heavy atom. The van der Waals surface area contributed by atoms with Gasteiger partial charge in [0.25, 0.3) is 0 Å². The van der Waals surface area contributed by atoms with Gasteiger partial charge in [-0.2, -0.15) is 0 Å². The van der Waals surface area contributed by atoms with E-state index in [0.29, 0.717) is 12.1 Å². The maximum absolute atomic E-state index is 6.16. The first kappa shape index (κ1) is 12.9. The van der Waals surface area contributed by atoms with Crippen LogP contribution in [0.25, 0.3) is 0 Å². The lowest BCUT2D eigenvalue weighted by molar-refractivity contribution is 0.103. The summed E-state index contributed by atoms with van der Waals surface area (Å²) in [5.41, 5.74) is 1.17. The van der Waals surface area contributed by atoms with Gasteiger partial charge in [-0.25, -0.2) is 0 Å². The Morgan fingerprint density at radius 1 is 1.47 bits per heavy atom. The summed E-state index contributed by atoms with van der Waals surface area (Å²) in [6.07, 6.45) is 3.97. The van der Waals surface area contributed by atoms with Crippen LogP contribution in [-0.4, -0.2) is 19.3 Å². The fraction of sp³-hybridized carbons (Fsp3) is 0.571. The van der Waals surface area contributed by atoms with Gasteiger partial charge in [-0.15, -0.1) is 0 Å². The van der Waals surface area contributed by atoms with E-state index < -0.39 is 0 Å². The number of halogens is 1. The van der Waals surface area contributed by atoms with Crippen molar-refractivity contribution in [2.75, 3.05) is 13.2 Å². The van der Waals surface area contributed by atoms with Crippen molar-refractivity contribution < 1.29 is 4.74 Å². The van der Waals surface area contributed by atoms with Crippen molar-refractivity contribution in [2.45, 2.75) is 38.3 Å². The summed E-state index contributed by atoms with van der Waals surface area (Å²) >= 11 is 6.16. The topological polar surface area (TPSA) is 21.3 Å². The molecule has 0 spiro atoms. The highest BCUT2D eigenvalue weighted by atomic mass is 35.5. The Balaban J connectivity index is 1.77. The highest BCUT2D eigenvalue weighted by Crippen LogP contribution is 2.22. The van der Waals surface area contributed by atoms with Gasteiger partial charge in [0.15, 0.2) is 0 Å². The minimum Gasteiger partial charge on any atom is -0.378 e. The quantitative estimate of drug-likeness (QED) is 0.866. The fourth-order valence-electron chi connectivity index (χ4n) is 2.27. The number of nitrogens with one attached hydrogen (secondary N) is 1. The Bertz CT molecular complexity index is 350. The Morgan fingerprint density at radius 3 is 3.00 bits per heavy atom. The Kier molecular flexibility index (Phi) is 4.84. The monoisotopic (exact) mass is 253 g/mol. The molecule has 0 aliphatic carbocycles. The van der Waals surface area contributed by atoms with Gasteiger partial charge in [-0.3, -0.25) is 0 Å². The number of rotatable bonds is 5. The van der Waals surface area contributed by atoms with Crippen LogP contribution in [0.5, 0.6) is 0 Å². The molecule has 0 unspecified atom stereocenters. The van der Waals surface area contributed by atoms with Crippen LogP contribution in [0.3, 0.4) is 0 Å². The maximum atomic E-state index is 6.16. The van der Waals surface area contributed by atoms with Gasteiger partial charge in [0.1, 0.15) is 0 Å². The van der Waals surface area contributed by atoms with E-state index in [2.05, 4.69) is 18.3 Å². The molecular weight excluding hydrogens is 234 g/mol. The van der Waals surface area contributed by atoms with E-state index in [-0.39, 0.29) is 0 Å². The number of hydrogen-bond donors (Lipinski definition) is 1. The summed E-state index contributed by atoms with van der Waals surface area (Å²) in [5.74, 6) is 0. The molecule has 94 valence electrons. The lowest BCUT2D eigenvalue weighted by atomic mass is 10.1. The molecule has 1 fully saturated rings. The summed E-state index contributed by atoms with van der Waals surface area (Å²) in [5, 5.41) is 4.34. The van der Waals surface area contributed by atoms with Gasteiger partial charge in [0.2, 0.25) is 0 Å². The molecule has 0 bridgehead atoms. The molecule has 2 rings (SSSR count). The van der Waals surface area contributed by atoms with E-state index in [1.54, 1.807) is 0 Å². The van der Waals surface area contributed by atoms with E-state index in [1.807, 2.05) is 18.2 Å². The van der Waals surface area contributed by atoms with Crippen LogP contribution in [-0.2, 0) is 4.74 Å². The zero-order valence-corrected chi connectivity index (χ0v) is 11.0. The number of benzene rings is 1. The predicted octanol–water partition coefficient (Wildman–Crippen LogP) is 3.56. The molecule has 2 atom stereocenters. The molecule has 1 aromatic rings. The predicted molar refractivity (Wildman–Crippen MR) is 71.5 cm³/mol. The van der Waals surface area contributed by atoms with E-state index in [9.17, 15) is 0 Å². The fourth-order valence-corrected chi connectivity index (χ4v) is 2.57. The smallest absolute Gasteiger partial charge is 0.0588 e. The molecule has 1 saturated heterocycles. The molecule has 1 aliphatic heterocycles. The molecule has 1 heterocycles. The molecule has 0 saturated carbocycles. The molecule has 2 nitrogen and oxygen atoms in total. The average Bonchev–Trinajstić information content (AvgIpc) is 2.82. The second-order valence-corrected chi connectivity index (χ2v) is 5.03. The van der Waals surface area contributed by atoms with Crippen LogP contribution in [0.15, 0.2) is 24.3 Å². The van der Waals surface area contributed by atoms with E-state index in [0.717, 1.165) is 24.6 Å². The van der Waals surface area contributed by atoms with Crippen LogP contribution in [0, 0.1) is 0 Å². The molecule has 0 aromatic heterocycles. The standard InChI is InChI=1S/C14H20ClNO/c1-11(13-6-2-3-7-14(13)15)16-9-8-12-5-4-10-17-12/h2-3,6-7,11-12,16H,4-5,8-10H2,1H3/t11-,12-/m0/s1. The van der Waals surface area contributed by atoms with Crippen molar-refractivity contribution in [3.8, 4) is 0 Å². The van der Waals surface area contributed by atoms with Crippen molar-refractivity contribution in [2.24, 2.45) is 0 Å². The second kappa shape index (κ2) is 6.39. The van der Waals surface area contributed by atoms with Crippen molar-refractivity contribution in [3.05, 3.63) is 34.9 Å². The van der Waals surface area contributed by atoms with Gasteiger partial charge in [0, 0.05) is 17.7 Å². The minimum atomic E-state index is 0.296. The maximum Gasteiger partial charge on any atom is 0.0588 e. The minimum absolute atomic E-state index is 0.296. The molecule has 1 aromatic carbocycles. The third kappa shape index (κ3) is 3.70. The van der Waals surface area contributed by atoms with Crippen LogP contribution in [0.4, 0.5) is 0 Å². The highest BCUT2D eigenvalue weighted by molar-refractivity contribution is 6.31. The number of hydrogen-bond acceptors (Lipinski definition) is 2. The summed E-state index contributed by atoms with van der Waals surface area (Å²) in [4.78, 5) is 0. The van der Waals surface area contributed by atoms with E-state index >= 15 is 0 Å². The van der Waals surface area contributed by atoms with Crippen molar-refractivity contribution >= 4 is 11.6 Å². The molecular formula is C14H20ClNO. The van der Waals surface area contributed by atoms with E-state index in [4.69, 9.17) is 16.3 Å². The van der Waals surface area contributed by atoms with Crippen LogP contribution >= 0.6 is 11.6 Å². The third-order valence-electron chi connectivity index (χ3n) is 3.31. The first-order valence-corrected chi connectivity index (χ1v) is 6.74. The van der Waals surface area contributed by atoms with Gasteiger partial charge in [-0.1, -0.05) is 29.8 Å². The molecule has 1 N–H and O–H groups in total. The zero-order chi connectivity index (χ0) is 12.1. The van der Waals surface area contributed by atoms with Crippen molar-refractivity contribution in [1.29, 1.82) is 0 Å². The van der Waals surface area contributed by atoms with Crippen LogP contribution in [0.2, 0.25) is 5.02 Å². The Hall–Kier alpha value is -0.570. The van der Waals surface area contributed by atoms with Gasteiger partial charge >= 0.3 is 0 Å². The molecule has 3 heteroatoms. The van der Waals surface area contributed by atoms with Crippen molar-refractivity contribution in [3.63, 3.8) is 0 Å².